The van der Waals surface area contributed by atoms with Crippen LogP contribution in [-0.4, -0.2) is 42.3 Å². The normalized spacial score (nSPS) is 21.6. The minimum Gasteiger partial charge on any atom is -0.481 e. The number of alkyl carbamates (subject to hydrolysis) is 1. The number of ether oxygens (including phenoxy) is 1. The second-order valence-corrected chi connectivity index (χ2v) is 10.1. The van der Waals surface area contributed by atoms with Gasteiger partial charge in [-0.05, 0) is 47.4 Å². The molecule has 1 unspecified atom stereocenters. The van der Waals surface area contributed by atoms with Gasteiger partial charge in [-0.25, -0.2) is 4.79 Å². The fourth-order valence-electron chi connectivity index (χ4n) is 5.62. The predicted molar refractivity (Wildman–Crippen MR) is 131 cm³/mol. The maximum Gasteiger partial charge on any atom is 0.407 e. The number of rotatable bonds is 9. The molecule has 0 radical (unpaired) electrons. The summed E-state index contributed by atoms with van der Waals surface area (Å²) in [6.07, 6.45) is 4.44. The van der Waals surface area contributed by atoms with E-state index in [2.05, 4.69) is 34.9 Å². The zero-order valence-electron chi connectivity index (χ0n) is 19.7. The topological polar surface area (TPSA) is 105 Å². The molecule has 2 fully saturated rings. The van der Waals surface area contributed by atoms with Gasteiger partial charge in [-0.3, -0.25) is 9.59 Å². The van der Waals surface area contributed by atoms with Gasteiger partial charge < -0.3 is 20.5 Å². The second-order valence-electron chi connectivity index (χ2n) is 10.1. The van der Waals surface area contributed by atoms with Gasteiger partial charge in [0.2, 0.25) is 5.91 Å². The van der Waals surface area contributed by atoms with Crippen LogP contribution in [0, 0.1) is 17.8 Å². The number of hydrogen-bond acceptors (Lipinski definition) is 4. The molecule has 184 valence electrons. The summed E-state index contributed by atoms with van der Waals surface area (Å²) in [5, 5.41) is 15.2. The summed E-state index contributed by atoms with van der Waals surface area (Å²) in [4.78, 5) is 37.0. The second kappa shape index (κ2) is 10.1. The summed E-state index contributed by atoms with van der Waals surface area (Å²) in [6, 6.07) is 16.1. The molecule has 0 bridgehead atoms. The van der Waals surface area contributed by atoms with Crippen molar-refractivity contribution in [2.45, 2.75) is 50.5 Å². The highest BCUT2D eigenvalue weighted by atomic mass is 16.5. The highest BCUT2D eigenvalue weighted by Gasteiger charge is 2.36. The zero-order chi connectivity index (χ0) is 24.4. The van der Waals surface area contributed by atoms with Crippen molar-refractivity contribution in [3.05, 3.63) is 59.7 Å². The monoisotopic (exact) mass is 476 g/mol. The van der Waals surface area contributed by atoms with E-state index in [1.165, 1.54) is 11.1 Å². The summed E-state index contributed by atoms with van der Waals surface area (Å²) < 4.78 is 5.65. The fourth-order valence-corrected chi connectivity index (χ4v) is 5.62. The number of carbonyl (C=O) groups excluding carboxylic acids is 2. The maximum atomic E-state index is 12.8. The van der Waals surface area contributed by atoms with E-state index in [0.29, 0.717) is 25.2 Å². The van der Waals surface area contributed by atoms with Crippen LogP contribution >= 0.6 is 0 Å². The van der Waals surface area contributed by atoms with Crippen molar-refractivity contribution >= 4 is 18.0 Å². The lowest BCUT2D eigenvalue weighted by atomic mass is 9.98. The Morgan fingerprint density at radius 3 is 2.23 bits per heavy atom. The van der Waals surface area contributed by atoms with E-state index >= 15 is 0 Å². The molecule has 3 aliphatic rings. The van der Waals surface area contributed by atoms with E-state index in [9.17, 15) is 19.5 Å². The number of hydrogen-bond donors (Lipinski definition) is 3. The van der Waals surface area contributed by atoms with E-state index in [1.54, 1.807) is 0 Å². The van der Waals surface area contributed by atoms with Gasteiger partial charge in [-0.1, -0.05) is 67.8 Å². The first-order valence-electron chi connectivity index (χ1n) is 12.6. The van der Waals surface area contributed by atoms with Gasteiger partial charge in [-0.2, -0.15) is 0 Å². The molecule has 3 aliphatic carbocycles. The van der Waals surface area contributed by atoms with Gasteiger partial charge in [0.1, 0.15) is 6.61 Å². The highest BCUT2D eigenvalue weighted by Crippen LogP contribution is 2.44. The lowest BCUT2D eigenvalue weighted by Crippen LogP contribution is -2.45. The summed E-state index contributed by atoms with van der Waals surface area (Å²) in [5.41, 5.74) is 4.65. The van der Waals surface area contributed by atoms with Crippen LogP contribution in [-0.2, 0) is 14.3 Å². The Hall–Kier alpha value is -3.35. The zero-order valence-corrected chi connectivity index (χ0v) is 19.7. The number of fused-ring (bicyclic) bond motifs is 3. The average molecular weight is 477 g/mol. The van der Waals surface area contributed by atoms with Gasteiger partial charge in [0.25, 0.3) is 0 Å². The van der Waals surface area contributed by atoms with Crippen molar-refractivity contribution in [1.82, 2.24) is 10.6 Å². The smallest absolute Gasteiger partial charge is 0.407 e. The van der Waals surface area contributed by atoms with Crippen LogP contribution in [0.5, 0.6) is 0 Å². The number of aliphatic carboxylic acids is 1. The number of carboxylic acids is 1. The first-order chi connectivity index (χ1) is 17.0. The van der Waals surface area contributed by atoms with Crippen molar-refractivity contribution in [3.63, 3.8) is 0 Å². The molecule has 2 aromatic carbocycles. The molecular weight excluding hydrogens is 444 g/mol. The number of carboxylic acid groups (broad SMARTS) is 1. The van der Waals surface area contributed by atoms with Crippen molar-refractivity contribution in [3.8, 4) is 11.1 Å². The molecule has 2 aromatic rings. The third-order valence-corrected chi connectivity index (χ3v) is 7.69. The van der Waals surface area contributed by atoms with Gasteiger partial charge in [0.05, 0.1) is 11.8 Å². The standard InChI is InChI=1S/C28H32N2O5/c31-26(29-15-18(27(32)33)14-17-12-13-17)23-10-5-11-25(23)30-28(34)35-16-24-21-8-3-1-6-19(21)20-7-2-4-9-22(20)24/h1-4,6-9,17-18,23-25H,5,10-16H2,(H,29,31)(H,30,34)(H,32,33)/t18?,23-,25+/m0/s1. The molecule has 3 atom stereocenters. The molecule has 35 heavy (non-hydrogen) atoms. The van der Waals surface area contributed by atoms with Crippen LogP contribution in [0.1, 0.15) is 55.6 Å². The van der Waals surface area contributed by atoms with E-state index in [1.807, 2.05) is 24.3 Å². The third kappa shape index (κ3) is 5.19. The number of carbonyl (C=O) groups is 3. The van der Waals surface area contributed by atoms with Crippen molar-refractivity contribution < 1.29 is 24.2 Å². The Bertz CT molecular complexity index is 1070. The summed E-state index contributed by atoms with van der Waals surface area (Å²) >= 11 is 0. The van der Waals surface area contributed by atoms with Crippen LogP contribution in [0.3, 0.4) is 0 Å². The highest BCUT2D eigenvalue weighted by molar-refractivity contribution is 5.82. The quantitative estimate of drug-likeness (QED) is 0.500. The van der Waals surface area contributed by atoms with Crippen LogP contribution < -0.4 is 10.6 Å². The maximum absolute atomic E-state index is 12.8. The lowest BCUT2D eigenvalue weighted by molar-refractivity contribution is -0.142. The minimum absolute atomic E-state index is 0.0183. The number of nitrogens with one attached hydrogen (secondary N) is 2. The minimum atomic E-state index is -0.864. The molecule has 0 heterocycles. The Morgan fingerprint density at radius 2 is 1.60 bits per heavy atom. The molecule has 2 amide bonds. The Kier molecular flexibility index (Phi) is 6.75. The molecule has 0 spiro atoms. The van der Waals surface area contributed by atoms with Crippen molar-refractivity contribution in [1.29, 1.82) is 0 Å². The summed E-state index contributed by atoms with van der Waals surface area (Å²) in [6.45, 7) is 0.365. The first-order valence-corrected chi connectivity index (χ1v) is 12.6. The molecule has 5 rings (SSSR count). The van der Waals surface area contributed by atoms with Gasteiger partial charge in [0, 0.05) is 18.5 Å². The van der Waals surface area contributed by atoms with E-state index < -0.39 is 18.0 Å². The van der Waals surface area contributed by atoms with Crippen molar-refractivity contribution in [2.24, 2.45) is 17.8 Å². The Labute approximate surface area is 205 Å². The number of amides is 2. The van der Waals surface area contributed by atoms with E-state index in [4.69, 9.17) is 4.74 Å². The molecule has 3 N–H and O–H groups in total. The third-order valence-electron chi connectivity index (χ3n) is 7.69. The molecule has 0 aliphatic heterocycles. The molecule has 2 saturated carbocycles. The molecular formula is C28H32N2O5. The summed E-state index contributed by atoms with van der Waals surface area (Å²) in [7, 11) is 0. The summed E-state index contributed by atoms with van der Waals surface area (Å²) in [5.74, 6) is -1.52. The van der Waals surface area contributed by atoms with E-state index in [0.717, 1.165) is 30.4 Å². The van der Waals surface area contributed by atoms with Crippen LogP contribution in [0.25, 0.3) is 11.1 Å². The first kappa shape index (κ1) is 23.4. The molecule has 7 heteroatoms. The van der Waals surface area contributed by atoms with Gasteiger partial charge in [-0.15, -0.1) is 0 Å². The number of benzene rings is 2. The van der Waals surface area contributed by atoms with Crippen LogP contribution in [0.15, 0.2) is 48.5 Å². The largest absolute Gasteiger partial charge is 0.481 e. The van der Waals surface area contributed by atoms with Crippen LogP contribution in [0.2, 0.25) is 0 Å². The molecule has 7 nitrogen and oxygen atoms in total. The van der Waals surface area contributed by atoms with Gasteiger partial charge in [0.15, 0.2) is 0 Å². The lowest BCUT2D eigenvalue weighted by Gasteiger charge is -2.22. The van der Waals surface area contributed by atoms with Gasteiger partial charge >= 0.3 is 12.1 Å². The Balaban J connectivity index is 1.15. The molecule has 0 saturated heterocycles. The average Bonchev–Trinajstić information content (AvgIpc) is 3.47. The van der Waals surface area contributed by atoms with Crippen LogP contribution in [0.4, 0.5) is 4.79 Å². The van der Waals surface area contributed by atoms with Crippen molar-refractivity contribution in [2.75, 3.05) is 13.2 Å². The SMILES string of the molecule is O=C(N[C@@H]1CCC[C@@H]1C(=O)NCC(CC1CC1)C(=O)O)OCC1c2ccccc2-c2ccccc21. The predicted octanol–water partition coefficient (Wildman–Crippen LogP) is 4.31. The van der Waals surface area contributed by atoms with E-state index in [-0.39, 0.29) is 36.9 Å². The Morgan fingerprint density at radius 1 is 0.943 bits per heavy atom. The molecule has 0 aromatic heterocycles. The fraction of sp³-hybridized carbons (Fsp3) is 0.464.